The molecule has 1 aromatic carbocycles. The van der Waals surface area contributed by atoms with Crippen LogP contribution in [0, 0.1) is 0 Å². The molecule has 0 atom stereocenters. The highest BCUT2D eigenvalue weighted by Gasteiger charge is 2.12. The van der Waals surface area contributed by atoms with E-state index in [1.54, 1.807) is 0 Å². The lowest BCUT2D eigenvalue weighted by Crippen LogP contribution is -2.06. The third-order valence-electron chi connectivity index (χ3n) is 2.79. The van der Waals surface area contributed by atoms with Crippen LogP contribution < -0.4 is 5.32 Å². The van der Waals surface area contributed by atoms with Crippen molar-refractivity contribution in [1.29, 1.82) is 0 Å². The maximum absolute atomic E-state index is 4.40. The lowest BCUT2D eigenvalue weighted by Gasteiger charge is -2.09. The standard InChI is InChI=1S/C13H12BrN5/c1-2-15-12-11(14)13(17-8-16-12)19-10-6-4-3-5-9(10)7-18-19/h3-8H,2H2,1H3,(H,15,16,17). The van der Waals surface area contributed by atoms with Gasteiger partial charge in [0.1, 0.15) is 16.6 Å². The maximum Gasteiger partial charge on any atom is 0.173 e. The highest BCUT2D eigenvalue weighted by molar-refractivity contribution is 9.10. The van der Waals surface area contributed by atoms with Crippen LogP contribution in [0.4, 0.5) is 5.82 Å². The normalized spacial score (nSPS) is 10.8. The number of rotatable bonds is 3. The quantitative estimate of drug-likeness (QED) is 0.806. The number of hydrogen-bond acceptors (Lipinski definition) is 4. The lowest BCUT2D eigenvalue weighted by atomic mass is 10.2. The van der Waals surface area contributed by atoms with E-state index < -0.39 is 0 Å². The van der Waals surface area contributed by atoms with E-state index in [2.05, 4.69) is 36.3 Å². The van der Waals surface area contributed by atoms with Gasteiger partial charge in [-0.05, 0) is 28.9 Å². The Balaban J connectivity index is 2.19. The van der Waals surface area contributed by atoms with Crippen molar-refractivity contribution in [2.24, 2.45) is 0 Å². The Morgan fingerprint density at radius 1 is 1.26 bits per heavy atom. The fourth-order valence-corrected chi connectivity index (χ4v) is 2.45. The highest BCUT2D eigenvalue weighted by atomic mass is 79.9. The van der Waals surface area contributed by atoms with Gasteiger partial charge in [0.05, 0.1) is 11.7 Å². The first-order chi connectivity index (χ1) is 9.31. The molecule has 0 saturated carbocycles. The number of fused-ring (bicyclic) bond motifs is 1. The Labute approximate surface area is 118 Å². The maximum atomic E-state index is 4.40. The summed E-state index contributed by atoms with van der Waals surface area (Å²) in [5.74, 6) is 1.50. The average molecular weight is 318 g/mol. The van der Waals surface area contributed by atoms with Crippen LogP contribution >= 0.6 is 15.9 Å². The second-order valence-corrected chi connectivity index (χ2v) is 4.80. The Kier molecular flexibility index (Phi) is 3.16. The van der Waals surface area contributed by atoms with Crippen LogP contribution in [0.3, 0.4) is 0 Å². The van der Waals surface area contributed by atoms with E-state index in [4.69, 9.17) is 0 Å². The zero-order chi connectivity index (χ0) is 13.2. The molecule has 3 aromatic rings. The van der Waals surface area contributed by atoms with Crippen molar-refractivity contribution in [3.8, 4) is 5.82 Å². The summed E-state index contributed by atoms with van der Waals surface area (Å²) in [6, 6.07) is 8.02. The second-order valence-electron chi connectivity index (χ2n) is 4.01. The van der Waals surface area contributed by atoms with E-state index >= 15 is 0 Å². The first-order valence-corrected chi connectivity index (χ1v) is 6.78. The molecular formula is C13H12BrN5. The summed E-state index contributed by atoms with van der Waals surface area (Å²) in [4.78, 5) is 8.52. The number of hydrogen-bond donors (Lipinski definition) is 1. The number of halogens is 1. The zero-order valence-corrected chi connectivity index (χ0v) is 11.9. The van der Waals surface area contributed by atoms with Gasteiger partial charge < -0.3 is 5.32 Å². The van der Waals surface area contributed by atoms with E-state index in [9.17, 15) is 0 Å². The first kappa shape index (κ1) is 12.1. The monoisotopic (exact) mass is 317 g/mol. The Hall–Kier alpha value is -1.95. The number of anilines is 1. The van der Waals surface area contributed by atoms with Crippen molar-refractivity contribution in [2.45, 2.75) is 6.92 Å². The second kappa shape index (κ2) is 4.97. The fraction of sp³-hybridized carbons (Fsp3) is 0.154. The Bertz CT molecular complexity index is 722. The number of nitrogens with zero attached hydrogens (tertiary/aromatic N) is 4. The molecule has 0 aliphatic rings. The van der Waals surface area contributed by atoms with Crippen LogP contribution in [0.15, 0.2) is 41.3 Å². The third kappa shape index (κ3) is 2.08. The average Bonchev–Trinajstić information content (AvgIpc) is 2.85. The number of para-hydroxylation sites is 1. The number of benzene rings is 1. The van der Waals surface area contributed by atoms with Crippen LogP contribution in [-0.2, 0) is 0 Å². The van der Waals surface area contributed by atoms with Gasteiger partial charge in [0.2, 0.25) is 0 Å². The number of nitrogens with one attached hydrogen (secondary N) is 1. The van der Waals surface area contributed by atoms with Crippen molar-refractivity contribution in [3.05, 3.63) is 41.3 Å². The summed E-state index contributed by atoms with van der Waals surface area (Å²) >= 11 is 3.54. The molecule has 3 rings (SSSR count). The third-order valence-corrected chi connectivity index (χ3v) is 3.52. The molecule has 2 aromatic heterocycles. The van der Waals surface area contributed by atoms with Crippen LogP contribution in [0.2, 0.25) is 0 Å². The fourth-order valence-electron chi connectivity index (χ4n) is 1.94. The summed E-state index contributed by atoms with van der Waals surface area (Å²) < 4.78 is 2.62. The van der Waals surface area contributed by atoms with E-state index in [0.717, 1.165) is 33.6 Å². The smallest absolute Gasteiger partial charge is 0.173 e. The molecule has 0 radical (unpaired) electrons. The van der Waals surface area contributed by atoms with Gasteiger partial charge in [-0.3, -0.25) is 0 Å². The predicted octanol–water partition coefficient (Wildman–Crippen LogP) is 3.01. The SMILES string of the molecule is CCNc1ncnc(-n2ncc3ccccc32)c1Br. The summed E-state index contributed by atoms with van der Waals surface area (Å²) in [5.41, 5.74) is 1.02. The molecule has 0 amide bonds. The molecule has 2 heterocycles. The Morgan fingerprint density at radius 2 is 2.11 bits per heavy atom. The molecule has 1 N–H and O–H groups in total. The molecular weight excluding hydrogens is 306 g/mol. The van der Waals surface area contributed by atoms with Gasteiger partial charge in [-0.25, -0.2) is 14.6 Å². The molecule has 19 heavy (non-hydrogen) atoms. The minimum Gasteiger partial charge on any atom is -0.369 e. The van der Waals surface area contributed by atoms with Crippen LogP contribution in [0.25, 0.3) is 16.7 Å². The molecule has 0 aliphatic carbocycles. The lowest BCUT2D eigenvalue weighted by molar-refractivity contribution is 0.859. The van der Waals surface area contributed by atoms with Gasteiger partial charge in [0.25, 0.3) is 0 Å². The van der Waals surface area contributed by atoms with Gasteiger partial charge in [-0.15, -0.1) is 0 Å². The summed E-state index contributed by atoms with van der Waals surface area (Å²) in [7, 11) is 0. The largest absolute Gasteiger partial charge is 0.369 e. The summed E-state index contributed by atoms with van der Waals surface area (Å²) in [6.07, 6.45) is 3.37. The van der Waals surface area contributed by atoms with Gasteiger partial charge in [-0.2, -0.15) is 5.10 Å². The molecule has 6 heteroatoms. The minimum atomic E-state index is 0.729. The molecule has 0 spiro atoms. The van der Waals surface area contributed by atoms with Gasteiger partial charge in [0, 0.05) is 11.9 Å². The molecule has 0 saturated heterocycles. The zero-order valence-electron chi connectivity index (χ0n) is 10.3. The van der Waals surface area contributed by atoms with E-state index in [1.165, 1.54) is 6.33 Å². The molecule has 96 valence electrons. The van der Waals surface area contributed by atoms with E-state index in [0.29, 0.717) is 0 Å². The highest BCUT2D eigenvalue weighted by Crippen LogP contribution is 2.27. The van der Waals surface area contributed by atoms with Crippen molar-refractivity contribution in [1.82, 2.24) is 19.7 Å². The predicted molar refractivity (Wildman–Crippen MR) is 78.5 cm³/mol. The van der Waals surface area contributed by atoms with Crippen molar-refractivity contribution in [3.63, 3.8) is 0 Å². The van der Waals surface area contributed by atoms with Gasteiger partial charge >= 0.3 is 0 Å². The molecule has 0 bridgehead atoms. The van der Waals surface area contributed by atoms with Gasteiger partial charge in [-0.1, -0.05) is 18.2 Å². The van der Waals surface area contributed by atoms with Crippen molar-refractivity contribution in [2.75, 3.05) is 11.9 Å². The van der Waals surface area contributed by atoms with Crippen molar-refractivity contribution < 1.29 is 0 Å². The molecule has 0 aliphatic heterocycles. The number of aromatic nitrogens is 4. The van der Waals surface area contributed by atoms with Crippen LogP contribution in [-0.4, -0.2) is 26.3 Å². The summed E-state index contributed by atoms with van der Waals surface area (Å²) in [5, 5.41) is 8.66. The van der Waals surface area contributed by atoms with E-state index in [1.807, 2.05) is 42.1 Å². The van der Waals surface area contributed by atoms with E-state index in [-0.39, 0.29) is 0 Å². The van der Waals surface area contributed by atoms with Crippen LogP contribution in [0.5, 0.6) is 0 Å². The first-order valence-electron chi connectivity index (χ1n) is 5.98. The molecule has 5 nitrogen and oxygen atoms in total. The molecule has 0 unspecified atom stereocenters. The van der Waals surface area contributed by atoms with Crippen LogP contribution in [0.1, 0.15) is 6.92 Å². The molecule has 0 fully saturated rings. The topological polar surface area (TPSA) is 55.6 Å². The Morgan fingerprint density at radius 3 is 2.95 bits per heavy atom. The van der Waals surface area contributed by atoms with Crippen molar-refractivity contribution >= 4 is 32.7 Å². The minimum absolute atomic E-state index is 0.729. The van der Waals surface area contributed by atoms with Gasteiger partial charge in [0.15, 0.2) is 5.82 Å². The summed E-state index contributed by atoms with van der Waals surface area (Å²) in [6.45, 7) is 2.83.